The minimum absolute atomic E-state index is 0.00229. The van der Waals surface area contributed by atoms with Crippen LogP contribution in [0.3, 0.4) is 0 Å². The summed E-state index contributed by atoms with van der Waals surface area (Å²) in [7, 11) is 0. The topological polar surface area (TPSA) is 55.0 Å². The molecule has 2 rings (SSSR count). The monoisotopic (exact) mass is 234 g/mol. The van der Waals surface area contributed by atoms with E-state index in [2.05, 4.69) is 41.7 Å². The third-order valence-electron chi connectivity index (χ3n) is 3.35. The zero-order valence-corrected chi connectivity index (χ0v) is 11.0. The lowest BCUT2D eigenvalue weighted by Gasteiger charge is -2.48. The molecule has 0 bridgehead atoms. The molecule has 1 aromatic heterocycles. The summed E-state index contributed by atoms with van der Waals surface area (Å²) >= 11 is 0. The molecule has 0 aliphatic carbocycles. The molecule has 1 aliphatic heterocycles. The van der Waals surface area contributed by atoms with E-state index in [0.29, 0.717) is 5.92 Å². The van der Waals surface area contributed by atoms with Gasteiger partial charge in [0.05, 0.1) is 5.54 Å². The van der Waals surface area contributed by atoms with Crippen molar-refractivity contribution in [2.75, 3.05) is 18.0 Å². The van der Waals surface area contributed by atoms with Gasteiger partial charge in [0, 0.05) is 24.8 Å². The molecule has 2 heterocycles. The summed E-state index contributed by atoms with van der Waals surface area (Å²) in [4.78, 5) is 10.9. The summed E-state index contributed by atoms with van der Waals surface area (Å²) in [5.41, 5.74) is 7.35. The van der Waals surface area contributed by atoms with Gasteiger partial charge in [-0.15, -0.1) is 0 Å². The van der Waals surface area contributed by atoms with E-state index >= 15 is 0 Å². The molecule has 0 spiro atoms. The molecule has 94 valence electrons. The standard InChI is InChI=1S/C13H22N4/c1-4-5-13(14)7-17(8-13)12-6-11(10(2)3)15-9-16-12/h6,9-10H,4-5,7-8,14H2,1-3H3. The molecule has 0 saturated carbocycles. The highest BCUT2D eigenvalue weighted by Gasteiger charge is 2.39. The highest BCUT2D eigenvalue weighted by Crippen LogP contribution is 2.28. The van der Waals surface area contributed by atoms with Gasteiger partial charge in [-0.2, -0.15) is 0 Å². The fourth-order valence-corrected chi connectivity index (χ4v) is 2.38. The summed E-state index contributed by atoms with van der Waals surface area (Å²) < 4.78 is 0. The second-order valence-corrected chi connectivity index (χ2v) is 5.42. The Kier molecular flexibility index (Phi) is 3.33. The van der Waals surface area contributed by atoms with Crippen molar-refractivity contribution >= 4 is 5.82 Å². The van der Waals surface area contributed by atoms with Crippen molar-refractivity contribution in [3.05, 3.63) is 18.1 Å². The number of aromatic nitrogens is 2. The van der Waals surface area contributed by atoms with Crippen molar-refractivity contribution in [3.63, 3.8) is 0 Å². The Balaban J connectivity index is 2.03. The molecule has 17 heavy (non-hydrogen) atoms. The fraction of sp³-hybridized carbons (Fsp3) is 0.692. The Bertz CT molecular complexity index is 383. The first-order chi connectivity index (χ1) is 8.04. The van der Waals surface area contributed by atoms with Crippen LogP contribution in [0.25, 0.3) is 0 Å². The number of nitrogens with two attached hydrogens (primary N) is 1. The average Bonchev–Trinajstić information content (AvgIpc) is 2.26. The van der Waals surface area contributed by atoms with Crippen LogP contribution in [0, 0.1) is 0 Å². The van der Waals surface area contributed by atoms with Crippen LogP contribution in [0.1, 0.15) is 45.2 Å². The zero-order valence-electron chi connectivity index (χ0n) is 11.0. The molecule has 1 aliphatic rings. The number of nitrogens with zero attached hydrogens (tertiary/aromatic N) is 3. The average molecular weight is 234 g/mol. The van der Waals surface area contributed by atoms with Crippen molar-refractivity contribution in [1.82, 2.24) is 9.97 Å². The maximum Gasteiger partial charge on any atom is 0.132 e. The van der Waals surface area contributed by atoms with E-state index < -0.39 is 0 Å². The number of rotatable bonds is 4. The summed E-state index contributed by atoms with van der Waals surface area (Å²) in [6.45, 7) is 8.29. The summed E-state index contributed by atoms with van der Waals surface area (Å²) in [6.07, 6.45) is 3.89. The first-order valence-corrected chi connectivity index (χ1v) is 6.40. The van der Waals surface area contributed by atoms with Crippen molar-refractivity contribution < 1.29 is 0 Å². The molecule has 2 N–H and O–H groups in total. The lowest BCUT2D eigenvalue weighted by molar-refractivity contribution is 0.305. The maximum atomic E-state index is 6.25. The van der Waals surface area contributed by atoms with Crippen LogP contribution in [-0.4, -0.2) is 28.6 Å². The smallest absolute Gasteiger partial charge is 0.132 e. The molecule has 4 nitrogen and oxygen atoms in total. The van der Waals surface area contributed by atoms with E-state index in [1.807, 2.05) is 0 Å². The first-order valence-electron chi connectivity index (χ1n) is 6.40. The molecule has 0 aromatic carbocycles. The molecule has 4 heteroatoms. The Labute approximate surface area is 103 Å². The number of anilines is 1. The summed E-state index contributed by atoms with van der Waals surface area (Å²) in [5.74, 6) is 1.46. The molecule has 1 aromatic rings. The third kappa shape index (κ3) is 2.57. The van der Waals surface area contributed by atoms with Gasteiger partial charge < -0.3 is 10.6 Å². The molecule has 0 amide bonds. The van der Waals surface area contributed by atoms with Gasteiger partial charge in [-0.3, -0.25) is 0 Å². The number of hydrogen-bond donors (Lipinski definition) is 1. The normalized spacial score (nSPS) is 18.3. The van der Waals surface area contributed by atoms with Gasteiger partial charge in [0.15, 0.2) is 0 Å². The SMILES string of the molecule is CCCC1(N)CN(c2cc(C(C)C)ncn2)C1. The van der Waals surface area contributed by atoms with Gasteiger partial charge in [-0.1, -0.05) is 27.2 Å². The van der Waals surface area contributed by atoms with E-state index in [9.17, 15) is 0 Å². The van der Waals surface area contributed by atoms with Gasteiger partial charge in [0.1, 0.15) is 12.1 Å². The van der Waals surface area contributed by atoms with Gasteiger partial charge in [-0.25, -0.2) is 9.97 Å². The molecular weight excluding hydrogens is 212 g/mol. The van der Waals surface area contributed by atoms with E-state index in [0.717, 1.165) is 37.4 Å². The van der Waals surface area contributed by atoms with E-state index in [4.69, 9.17) is 5.73 Å². The molecule has 1 fully saturated rings. The van der Waals surface area contributed by atoms with Crippen LogP contribution in [0.2, 0.25) is 0 Å². The largest absolute Gasteiger partial charge is 0.353 e. The zero-order chi connectivity index (χ0) is 12.5. The van der Waals surface area contributed by atoms with Crippen molar-refractivity contribution in [2.45, 2.75) is 45.1 Å². The third-order valence-corrected chi connectivity index (χ3v) is 3.35. The van der Waals surface area contributed by atoms with Gasteiger partial charge in [0.25, 0.3) is 0 Å². The van der Waals surface area contributed by atoms with Crippen LogP contribution in [0.4, 0.5) is 5.82 Å². The second kappa shape index (κ2) is 4.61. The highest BCUT2D eigenvalue weighted by atomic mass is 15.3. The lowest BCUT2D eigenvalue weighted by atomic mass is 9.86. The molecule has 0 unspecified atom stereocenters. The Hall–Kier alpha value is -1.16. The predicted octanol–water partition coefficient (Wildman–Crippen LogP) is 1.92. The maximum absolute atomic E-state index is 6.25. The van der Waals surface area contributed by atoms with E-state index in [1.165, 1.54) is 0 Å². The van der Waals surface area contributed by atoms with Crippen LogP contribution in [0.5, 0.6) is 0 Å². The second-order valence-electron chi connectivity index (χ2n) is 5.42. The quantitative estimate of drug-likeness (QED) is 0.864. The van der Waals surface area contributed by atoms with Gasteiger partial charge >= 0.3 is 0 Å². The summed E-state index contributed by atoms with van der Waals surface area (Å²) in [6, 6.07) is 2.08. The van der Waals surface area contributed by atoms with Crippen molar-refractivity contribution in [2.24, 2.45) is 5.73 Å². The lowest BCUT2D eigenvalue weighted by Crippen LogP contribution is -2.67. The van der Waals surface area contributed by atoms with Crippen molar-refractivity contribution in [1.29, 1.82) is 0 Å². The van der Waals surface area contributed by atoms with Crippen LogP contribution in [0.15, 0.2) is 12.4 Å². The Morgan fingerprint density at radius 1 is 1.41 bits per heavy atom. The Morgan fingerprint density at radius 2 is 2.12 bits per heavy atom. The molecular formula is C13H22N4. The summed E-state index contributed by atoms with van der Waals surface area (Å²) in [5, 5.41) is 0. The molecule has 0 radical (unpaired) electrons. The van der Waals surface area contributed by atoms with Gasteiger partial charge in [0.2, 0.25) is 0 Å². The minimum Gasteiger partial charge on any atom is -0.353 e. The van der Waals surface area contributed by atoms with Crippen LogP contribution in [-0.2, 0) is 0 Å². The Morgan fingerprint density at radius 3 is 2.71 bits per heavy atom. The highest BCUT2D eigenvalue weighted by molar-refractivity contribution is 5.45. The van der Waals surface area contributed by atoms with E-state index in [-0.39, 0.29) is 5.54 Å². The van der Waals surface area contributed by atoms with E-state index in [1.54, 1.807) is 6.33 Å². The predicted molar refractivity (Wildman–Crippen MR) is 70.2 cm³/mol. The van der Waals surface area contributed by atoms with Gasteiger partial charge in [-0.05, 0) is 12.3 Å². The van der Waals surface area contributed by atoms with Crippen LogP contribution < -0.4 is 10.6 Å². The molecule has 0 atom stereocenters. The fourth-order valence-electron chi connectivity index (χ4n) is 2.38. The van der Waals surface area contributed by atoms with Crippen LogP contribution >= 0.6 is 0 Å². The van der Waals surface area contributed by atoms with Crippen molar-refractivity contribution in [3.8, 4) is 0 Å². The number of hydrogen-bond acceptors (Lipinski definition) is 4. The molecule has 1 saturated heterocycles. The minimum atomic E-state index is -0.00229. The first kappa shape index (κ1) is 12.3.